The second-order valence-electron chi connectivity index (χ2n) is 10.0. The van der Waals surface area contributed by atoms with Crippen LogP contribution in [0.1, 0.15) is 27.8 Å². The maximum Gasteiger partial charge on any atom is 0.416 e. The van der Waals surface area contributed by atoms with E-state index in [1.807, 2.05) is 43.3 Å². The topological polar surface area (TPSA) is 64.1 Å². The molecule has 43 heavy (non-hydrogen) atoms. The molecule has 4 aromatic rings. The molecule has 0 atom stereocenters. The fourth-order valence-electron chi connectivity index (χ4n) is 4.70. The van der Waals surface area contributed by atoms with Gasteiger partial charge in [0.2, 0.25) is 12.7 Å². The number of amides is 2. The zero-order chi connectivity index (χ0) is 30.0. The van der Waals surface area contributed by atoms with Gasteiger partial charge >= 0.3 is 12.2 Å². The first-order chi connectivity index (χ1) is 20.7. The minimum Gasteiger partial charge on any atom is -0.454 e. The fraction of sp³-hybridized carbons (Fsp3) is 0.152. The molecule has 1 aromatic heterocycles. The molecule has 0 radical (unpaired) electrons. The van der Waals surface area contributed by atoms with Crippen molar-refractivity contribution in [2.45, 2.75) is 19.6 Å². The summed E-state index contributed by atoms with van der Waals surface area (Å²) in [6.07, 6.45) is 4.47. The van der Waals surface area contributed by atoms with E-state index in [1.165, 1.54) is 12.1 Å². The molecule has 3 heterocycles. The van der Waals surface area contributed by atoms with Crippen LogP contribution >= 0.6 is 0 Å². The Labute approximate surface area is 246 Å². The number of urea groups is 1. The highest BCUT2D eigenvalue weighted by Crippen LogP contribution is 2.34. The van der Waals surface area contributed by atoms with Crippen LogP contribution in [0, 0.1) is 6.92 Å². The van der Waals surface area contributed by atoms with Crippen LogP contribution in [0.4, 0.5) is 23.7 Å². The molecule has 2 aliphatic heterocycles. The Hall–Kier alpha value is -5.25. The number of pyridine rings is 1. The van der Waals surface area contributed by atoms with Gasteiger partial charge in [0.15, 0.2) is 11.5 Å². The summed E-state index contributed by atoms with van der Waals surface area (Å²) in [6, 6.07) is 19.5. The van der Waals surface area contributed by atoms with E-state index in [-0.39, 0.29) is 12.8 Å². The minimum absolute atomic E-state index is 0.144. The van der Waals surface area contributed by atoms with Crippen LogP contribution in [0.15, 0.2) is 91.3 Å². The average Bonchev–Trinajstić information content (AvgIpc) is 3.47. The Morgan fingerprint density at radius 1 is 0.930 bits per heavy atom. The van der Waals surface area contributed by atoms with E-state index in [0.717, 1.165) is 34.5 Å². The lowest BCUT2D eigenvalue weighted by atomic mass is 10.1. The maximum absolute atomic E-state index is 13.3. The third kappa shape index (κ3) is 6.33. The summed E-state index contributed by atoms with van der Waals surface area (Å²) in [5.74, 6) is 2.35. The molecule has 0 aliphatic carbocycles. The molecule has 0 N–H and O–H groups in total. The van der Waals surface area contributed by atoms with E-state index in [0.29, 0.717) is 41.8 Å². The molecule has 10 heteroatoms. The Balaban J connectivity index is 1.08. The highest BCUT2D eigenvalue weighted by atomic mass is 19.4. The number of fused-ring (bicyclic) bond motifs is 1. The van der Waals surface area contributed by atoms with Crippen molar-refractivity contribution in [3.05, 3.63) is 119 Å². The molecule has 0 unspecified atom stereocenters. The standard InChI is InChI=1S/C33H26F3N3O4/c1-22-17-27(39-16-2-15-38(32(39)40)20-25-7-12-29-30(18-25)42-21-41-29)11-13-28(22)43-31-14-8-24(19-37-31)4-3-23-5-9-26(10-6-23)33(34,35)36/h2-15,17-19H,16,20-21H2,1H3. The van der Waals surface area contributed by atoms with E-state index in [2.05, 4.69) is 4.98 Å². The van der Waals surface area contributed by atoms with Gasteiger partial charge in [-0.2, -0.15) is 13.2 Å². The summed E-state index contributed by atoms with van der Waals surface area (Å²) >= 11 is 0. The number of hydrogen-bond acceptors (Lipinski definition) is 5. The zero-order valence-electron chi connectivity index (χ0n) is 23.0. The van der Waals surface area contributed by atoms with E-state index < -0.39 is 11.7 Å². The minimum atomic E-state index is -4.36. The van der Waals surface area contributed by atoms with Gasteiger partial charge in [0.05, 0.1) is 12.1 Å². The van der Waals surface area contributed by atoms with Crippen LogP contribution in [0.2, 0.25) is 0 Å². The summed E-state index contributed by atoms with van der Waals surface area (Å²) in [5.41, 5.74) is 3.22. The summed E-state index contributed by atoms with van der Waals surface area (Å²) in [5, 5.41) is 0. The first-order valence-corrected chi connectivity index (χ1v) is 13.5. The van der Waals surface area contributed by atoms with Crippen molar-refractivity contribution < 1.29 is 32.2 Å². The molecule has 7 nitrogen and oxygen atoms in total. The average molecular weight is 586 g/mol. The third-order valence-electron chi connectivity index (χ3n) is 6.99. The number of aryl methyl sites for hydroxylation is 1. The van der Waals surface area contributed by atoms with Gasteiger partial charge in [0.1, 0.15) is 5.75 Å². The summed E-state index contributed by atoms with van der Waals surface area (Å²) in [7, 11) is 0. The molecule has 3 aromatic carbocycles. The van der Waals surface area contributed by atoms with E-state index in [1.54, 1.807) is 52.5 Å². The molecule has 0 fully saturated rings. The Kier molecular flexibility index (Phi) is 7.50. The van der Waals surface area contributed by atoms with Crippen molar-refractivity contribution in [3.63, 3.8) is 0 Å². The van der Waals surface area contributed by atoms with Gasteiger partial charge in [-0.3, -0.25) is 9.80 Å². The number of halogens is 3. The van der Waals surface area contributed by atoms with Crippen LogP contribution in [-0.4, -0.2) is 29.3 Å². The van der Waals surface area contributed by atoms with E-state index >= 15 is 0 Å². The number of ether oxygens (including phenoxy) is 3. The van der Waals surface area contributed by atoms with Gasteiger partial charge in [-0.05, 0) is 83.8 Å². The number of aromatic nitrogens is 1. The number of carbonyl (C=O) groups is 1. The zero-order valence-corrected chi connectivity index (χ0v) is 23.0. The molecule has 0 bridgehead atoms. The molecular weight excluding hydrogens is 559 g/mol. The number of carbonyl (C=O) groups excluding carboxylic acids is 1. The van der Waals surface area contributed by atoms with Gasteiger partial charge in [-0.25, -0.2) is 9.78 Å². The molecule has 218 valence electrons. The SMILES string of the molecule is Cc1cc(N2CC=CN(Cc3ccc4c(c3)OCO4)C2=O)ccc1Oc1ccc(C=Cc2ccc(C(F)(F)F)cc2)cn1. The Morgan fingerprint density at radius 2 is 1.70 bits per heavy atom. The summed E-state index contributed by atoms with van der Waals surface area (Å²) < 4.78 is 55.1. The number of nitrogens with zero attached hydrogens (tertiary/aromatic N) is 3. The fourth-order valence-corrected chi connectivity index (χ4v) is 4.70. The van der Waals surface area contributed by atoms with Crippen molar-refractivity contribution in [1.82, 2.24) is 9.88 Å². The Morgan fingerprint density at radius 3 is 2.44 bits per heavy atom. The first-order valence-electron chi connectivity index (χ1n) is 13.5. The highest BCUT2D eigenvalue weighted by Gasteiger charge is 2.30. The normalized spacial score (nSPS) is 14.6. The molecule has 2 aliphatic rings. The smallest absolute Gasteiger partial charge is 0.416 e. The number of alkyl halides is 3. The van der Waals surface area contributed by atoms with Gasteiger partial charge in [-0.1, -0.05) is 30.4 Å². The Bertz CT molecular complexity index is 1700. The number of hydrogen-bond donors (Lipinski definition) is 0. The molecule has 0 spiro atoms. The van der Waals surface area contributed by atoms with Crippen LogP contribution in [0.3, 0.4) is 0 Å². The monoisotopic (exact) mass is 585 g/mol. The molecular formula is C33H26F3N3O4. The van der Waals surface area contributed by atoms with Crippen LogP contribution in [0.25, 0.3) is 12.2 Å². The third-order valence-corrected chi connectivity index (χ3v) is 6.99. The largest absolute Gasteiger partial charge is 0.454 e. The van der Waals surface area contributed by atoms with Crippen LogP contribution in [0.5, 0.6) is 23.1 Å². The highest BCUT2D eigenvalue weighted by molar-refractivity contribution is 5.94. The van der Waals surface area contributed by atoms with Crippen molar-refractivity contribution in [1.29, 1.82) is 0 Å². The first kappa shape index (κ1) is 27.9. The molecule has 0 saturated carbocycles. The lowest BCUT2D eigenvalue weighted by molar-refractivity contribution is -0.137. The van der Waals surface area contributed by atoms with Crippen LogP contribution in [-0.2, 0) is 12.7 Å². The van der Waals surface area contributed by atoms with Gasteiger partial charge < -0.3 is 14.2 Å². The predicted molar refractivity (Wildman–Crippen MR) is 156 cm³/mol. The lowest BCUT2D eigenvalue weighted by Gasteiger charge is -2.32. The van der Waals surface area contributed by atoms with Gasteiger partial charge in [0, 0.05) is 30.7 Å². The lowest BCUT2D eigenvalue weighted by Crippen LogP contribution is -2.43. The number of rotatable bonds is 7. The summed E-state index contributed by atoms with van der Waals surface area (Å²) in [4.78, 5) is 21.0. The number of benzene rings is 3. The van der Waals surface area contributed by atoms with Crippen molar-refractivity contribution >= 4 is 23.9 Å². The maximum atomic E-state index is 13.3. The van der Waals surface area contributed by atoms with Crippen LogP contribution < -0.4 is 19.1 Å². The molecule has 0 saturated heterocycles. The van der Waals surface area contributed by atoms with Gasteiger partial charge in [0.25, 0.3) is 0 Å². The second kappa shape index (κ2) is 11.6. The van der Waals surface area contributed by atoms with Crippen molar-refractivity contribution in [2.75, 3.05) is 18.2 Å². The molecule has 6 rings (SSSR count). The quantitative estimate of drug-likeness (QED) is 0.220. The van der Waals surface area contributed by atoms with Gasteiger partial charge in [-0.15, -0.1) is 0 Å². The van der Waals surface area contributed by atoms with E-state index in [4.69, 9.17) is 14.2 Å². The van der Waals surface area contributed by atoms with Crippen molar-refractivity contribution in [2.24, 2.45) is 0 Å². The van der Waals surface area contributed by atoms with Crippen molar-refractivity contribution in [3.8, 4) is 23.1 Å². The number of anilines is 1. The van der Waals surface area contributed by atoms with E-state index in [9.17, 15) is 18.0 Å². The summed E-state index contributed by atoms with van der Waals surface area (Å²) in [6.45, 7) is 2.93. The second-order valence-corrected chi connectivity index (χ2v) is 10.0. The predicted octanol–water partition coefficient (Wildman–Crippen LogP) is 8.06. The molecule has 2 amide bonds.